The molecule has 1 aromatic carbocycles. The molecule has 1 aliphatic heterocycles. The van der Waals surface area contributed by atoms with E-state index in [0.29, 0.717) is 5.92 Å². The van der Waals surface area contributed by atoms with E-state index in [0.717, 1.165) is 18.1 Å². The molecule has 76 valence electrons. The van der Waals surface area contributed by atoms with E-state index >= 15 is 0 Å². The molecule has 14 heavy (non-hydrogen) atoms. The van der Waals surface area contributed by atoms with Crippen molar-refractivity contribution in [3.8, 4) is 0 Å². The predicted octanol–water partition coefficient (Wildman–Crippen LogP) is 3.12. The smallest absolute Gasteiger partial charge is 0.0443 e. The highest BCUT2D eigenvalue weighted by atomic mass is 35.5. The van der Waals surface area contributed by atoms with Crippen LogP contribution >= 0.6 is 11.6 Å². The van der Waals surface area contributed by atoms with E-state index in [1.807, 2.05) is 0 Å². The van der Waals surface area contributed by atoms with Gasteiger partial charge in [0, 0.05) is 5.02 Å². The molecular weight excluding hydrogens is 194 g/mol. The third-order valence-corrected chi connectivity index (χ3v) is 3.26. The van der Waals surface area contributed by atoms with E-state index in [2.05, 4.69) is 30.4 Å². The van der Waals surface area contributed by atoms with Crippen molar-refractivity contribution in [2.45, 2.75) is 25.7 Å². The van der Waals surface area contributed by atoms with E-state index in [1.54, 1.807) is 0 Å². The number of benzene rings is 1. The number of aryl methyl sites for hydroxylation is 1. The maximum Gasteiger partial charge on any atom is 0.0443 e. The molecule has 0 spiro atoms. The van der Waals surface area contributed by atoms with Crippen molar-refractivity contribution in [1.29, 1.82) is 0 Å². The van der Waals surface area contributed by atoms with Crippen LogP contribution in [0.25, 0.3) is 0 Å². The molecule has 2 heteroatoms. The van der Waals surface area contributed by atoms with Gasteiger partial charge in [-0.25, -0.2) is 0 Å². The molecule has 0 aliphatic carbocycles. The monoisotopic (exact) mass is 209 g/mol. The fourth-order valence-electron chi connectivity index (χ4n) is 2.10. The van der Waals surface area contributed by atoms with Crippen LogP contribution in [0.5, 0.6) is 0 Å². The molecule has 1 fully saturated rings. The van der Waals surface area contributed by atoms with Crippen LogP contribution in [0, 0.1) is 6.92 Å². The second kappa shape index (κ2) is 4.33. The quantitative estimate of drug-likeness (QED) is 0.750. The number of piperidine rings is 1. The first-order valence-electron chi connectivity index (χ1n) is 5.24. The maximum atomic E-state index is 6.24. The number of hydrogen-bond acceptors (Lipinski definition) is 1. The summed E-state index contributed by atoms with van der Waals surface area (Å²) in [7, 11) is 0. The highest BCUT2D eigenvalue weighted by Crippen LogP contribution is 2.31. The Morgan fingerprint density at radius 1 is 1.29 bits per heavy atom. The van der Waals surface area contributed by atoms with Gasteiger partial charge in [0.1, 0.15) is 0 Å². The fraction of sp³-hybridized carbons (Fsp3) is 0.500. The van der Waals surface area contributed by atoms with Crippen molar-refractivity contribution >= 4 is 11.6 Å². The number of halogens is 1. The lowest BCUT2D eigenvalue weighted by atomic mass is 9.90. The normalized spacial score (nSPS) is 18.4. The summed E-state index contributed by atoms with van der Waals surface area (Å²) in [4.78, 5) is 0. The van der Waals surface area contributed by atoms with Crippen LogP contribution in [0.15, 0.2) is 18.2 Å². The van der Waals surface area contributed by atoms with Gasteiger partial charge in [0.25, 0.3) is 0 Å². The van der Waals surface area contributed by atoms with Crippen LogP contribution in [0.2, 0.25) is 5.02 Å². The lowest BCUT2D eigenvalue weighted by molar-refractivity contribution is 0.460. The average molecular weight is 210 g/mol. The van der Waals surface area contributed by atoms with Gasteiger partial charge in [0.05, 0.1) is 0 Å². The first kappa shape index (κ1) is 10.0. The van der Waals surface area contributed by atoms with Gasteiger partial charge in [0.2, 0.25) is 0 Å². The van der Waals surface area contributed by atoms with Gasteiger partial charge in [-0.2, -0.15) is 0 Å². The average Bonchev–Trinajstić information content (AvgIpc) is 2.19. The first-order chi connectivity index (χ1) is 6.77. The van der Waals surface area contributed by atoms with Gasteiger partial charge in [0.15, 0.2) is 0 Å². The Hall–Kier alpha value is -0.530. The Bertz CT molecular complexity index is 316. The van der Waals surface area contributed by atoms with Crippen LogP contribution in [-0.4, -0.2) is 13.1 Å². The Balaban J connectivity index is 2.22. The molecule has 0 atom stereocenters. The summed E-state index contributed by atoms with van der Waals surface area (Å²) < 4.78 is 0. The Morgan fingerprint density at radius 3 is 2.64 bits per heavy atom. The third kappa shape index (κ3) is 2.10. The maximum absolute atomic E-state index is 6.24. The zero-order valence-electron chi connectivity index (χ0n) is 8.52. The Kier molecular flexibility index (Phi) is 3.09. The molecule has 1 nitrogen and oxygen atoms in total. The van der Waals surface area contributed by atoms with Gasteiger partial charge >= 0.3 is 0 Å². The Labute approximate surface area is 90.5 Å². The van der Waals surface area contributed by atoms with Crippen molar-refractivity contribution in [3.63, 3.8) is 0 Å². The minimum absolute atomic E-state index is 0.657. The summed E-state index contributed by atoms with van der Waals surface area (Å²) in [5.41, 5.74) is 2.58. The summed E-state index contributed by atoms with van der Waals surface area (Å²) in [6, 6.07) is 6.41. The lowest BCUT2D eigenvalue weighted by Crippen LogP contribution is -2.26. The molecule has 0 saturated carbocycles. The van der Waals surface area contributed by atoms with Gasteiger partial charge in [-0.3, -0.25) is 0 Å². The molecule has 0 aromatic heterocycles. The van der Waals surface area contributed by atoms with Crippen molar-refractivity contribution < 1.29 is 0 Å². The second-order valence-corrected chi connectivity index (χ2v) is 4.46. The van der Waals surface area contributed by atoms with E-state index in [4.69, 9.17) is 11.6 Å². The van der Waals surface area contributed by atoms with Crippen LogP contribution in [0.3, 0.4) is 0 Å². The first-order valence-corrected chi connectivity index (χ1v) is 5.62. The van der Waals surface area contributed by atoms with E-state index in [-0.39, 0.29) is 0 Å². The summed E-state index contributed by atoms with van der Waals surface area (Å²) >= 11 is 6.24. The highest BCUT2D eigenvalue weighted by Gasteiger charge is 2.17. The largest absolute Gasteiger partial charge is 0.317 e. The predicted molar refractivity (Wildman–Crippen MR) is 61.0 cm³/mol. The topological polar surface area (TPSA) is 12.0 Å². The molecule has 1 saturated heterocycles. The van der Waals surface area contributed by atoms with Gasteiger partial charge in [-0.1, -0.05) is 23.7 Å². The minimum atomic E-state index is 0.657. The van der Waals surface area contributed by atoms with Crippen LogP contribution in [0.1, 0.15) is 29.9 Å². The molecule has 1 heterocycles. The fourth-order valence-corrected chi connectivity index (χ4v) is 2.49. The van der Waals surface area contributed by atoms with Crippen LogP contribution in [0.4, 0.5) is 0 Å². The number of rotatable bonds is 1. The summed E-state index contributed by atoms with van der Waals surface area (Å²) in [6.07, 6.45) is 2.42. The summed E-state index contributed by atoms with van der Waals surface area (Å²) in [6.45, 7) is 4.32. The number of nitrogens with one attached hydrogen (secondary N) is 1. The molecule has 1 N–H and O–H groups in total. The standard InChI is InChI=1S/C12H16ClN/c1-9-2-3-11(12(13)8-9)10-4-6-14-7-5-10/h2-3,8,10,14H,4-7H2,1H3. The van der Waals surface area contributed by atoms with Crippen molar-refractivity contribution in [3.05, 3.63) is 34.3 Å². The van der Waals surface area contributed by atoms with Gasteiger partial charge < -0.3 is 5.32 Å². The summed E-state index contributed by atoms with van der Waals surface area (Å²) in [5.74, 6) is 0.657. The highest BCUT2D eigenvalue weighted by molar-refractivity contribution is 6.31. The zero-order valence-corrected chi connectivity index (χ0v) is 9.27. The summed E-state index contributed by atoms with van der Waals surface area (Å²) in [5, 5.41) is 4.31. The van der Waals surface area contributed by atoms with Crippen LogP contribution in [-0.2, 0) is 0 Å². The SMILES string of the molecule is Cc1ccc(C2CCNCC2)c(Cl)c1. The molecule has 0 bridgehead atoms. The molecular formula is C12H16ClN. The van der Waals surface area contributed by atoms with Gasteiger partial charge in [-0.05, 0) is 56.0 Å². The third-order valence-electron chi connectivity index (χ3n) is 2.93. The van der Waals surface area contributed by atoms with E-state index in [9.17, 15) is 0 Å². The van der Waals surface area contributed by atoms with E-state index < -0.39 is 0 Å². The van der Waals surface area contributed by atoms with Gasteiger partial charge in [-0.15, -0.1) is 0 Å². The second-order valence-electron chi connectivity index (χ2n) is 4.05. The molecule has 1 aliphatic rings. The molecule has 0 radical (unpaired) electrons. The van der Waals surface area contributed by atoms with Crippen molar-refractivity contribution in [2.24, 2.45) is 0 Å². The Morgan fingerprint density at radius 2 is 2.00 bits per heavy atom. The molecule has 0 unspecified atom stereocenters. The van der Waals surface area contributed by atoms with Crippen molar-refractivity contribution in [2.75, 3.05) is 13.1 Å². The molecule has 2 rings (SSSR count). The van der Waals surface area contributed by atoms with Crippen LogP contribution < -0.4 is 5.32 Å². The zero-order chi connectivity index (χ0) is 9.97. The molecule has 0 amide bonds. The van der Waals surface area contributed by atoms with E-state index in [1.165, 1.54) is 24.0 Å². The van der Waals surface area contributed by atoms with Crippen molar-refractivity contribution in [1.82, 2.24) is 5.32 Å². The molecule has 1 aromatic rings. The lowest BCUT2D eigenvalue weighted by Gasteiger charge is -2.23. The minimum Gasteiger partial charge on any atom is -0.317 e. The number of hydrogen-bond donors (Lipinski definition) is 1.